The third-order valence-electron chi connectivity index (χ3n) is 5.22. The second-order valence-corrected chi connectivity index (χ2v) is 6.99. The van der Waals surface area contributed by atoms with Gasteiger partial charge in [-0.1, -0.05) is 38.8 Å². The number of rotatable bonds is 4. The number of para-hydroxylation sites is 1. The van der Waals surface area contributed by atoms with Crippen LogP contribution in [0, 0.1) is 11.8 Å². The average Bonchev–Trinajstić information content (AvgIpc) is 2.63. The Hall–Kier alpha value is -2.63. The summed E-state index contributed by atoms with van der Waals surface area (Å²) in [5.74, 6) is -0.424. The maximum atomic E-state index is 12.1. The lowest BCUT2D eigenvalue weighted by Gasteiger charge is -2.34. The maximum Gasteiger partial charge on any atom is 0.374 e. The van der Waals surface area contributed by atoms with Crippen molar-refractivity contribution in [1.82, 2.24) is 5.32 Å². The van der Waals surface area contributed by atoms with Crippen molar-refractivity contribution in [3.8, 4) is 0 Å². The molecule has 1 aliphatic carbocycles. The van der Waals surface area contributed by atoms with E-state index in [-0.39, 0.29) is 23.1 Å². The van der Waals surface area contributed by atoms with Crippen LogP contribution in [0.4, 0.5) is 0 Å². The van der Waals surface area contributed by atoms with E-state index in [4.69, 9.17) is 9.15 Å². The highest BCUT2D eigenvalue weighted by atomic mass is 16.5. The van der Waals surface area contributed by atoms with E-state index in [2.05, 4.69) is 19.2 Å². The summed E-state index contributed by atoms with van der Waals surface area (Å²) in [7, 11) is 0. The lowest BCUT2D eigenvalue weighted by atomic mass is 9.78. The van der Waals surface area contributed by atoms with Crippen LogP contribution in [0.2, 0.25) is 0 Å². The highest BCUT2D eigenvalue weighted by molar-refractivity contribution is 5.90. The van der Waals surface area contributed by atoms with Crippen molar-refractivity contribution in [3.05, 3.63) is 46.3 Å². The molecule has 1 aromatic heterocycles. The van der Waals surface area contributed by atoms with Gasteiger partial charge in [0.25, 0.3) is 5.91 Å². The SMILES string of the molecule is C[C@@H]1[C@@H](C)CCC[C@H]1NC(=O)COC(=O)c1cc(=O)c2ccccc2o1. The molecule has 1 heterocycles. The smallest absolute Gasteiger partial charge is 0.374 e. The van der Waals surface area contributed by atoms with Crippen LogP contribution in [0.15, 0.2) is 39.5 Å². The van der Waals surface area contributed by atoms with Gasteiger partial charge in [0.05, 0.1) is 5.39 Å². The monoisotopic (exact) mass is 357 g/mol. The molecule has 138 valence electrons. The van der Waals surface area contributed by atoms with E-state index >= 15 is 0 Å². The highest BCUT2D eigenvalue weighted by Crippen LogP contribution is 2.29. The van der Waals surface area contributed by atoms with Gasteiger partial charge in [0, 0.05) is 12.1 Å². The minimum absolute atomic E-state index is 0.101. The third-order valence-corrected chi connectivity index (χ3v) is 5.22. The number of hydrogen-bond donors (Lipinski definition) is 1. The molecule has 3 atom stereocenters. The first-order valence-electron chi connectivity index (χ1n) is 8.95. The molecule has 3 rings (SSSR count). The van der Waals surface area contributed by atoms with Crippen LogP contribution in [0.1, 0.15) is 43.7 Å². The van der Waals surface area contributed by atoms with E-state index in [1.165, 1.54) is 6.42 Å². The Morgan fingerprint density at radius 1 is 1.23 bits per heavy atom. The molecule has 0 unspecified atom stereocenters. The molecule has 0 saturated heterocycles. The minimum atomic E-state index is -0.826. The van der Waals surface area contributed by atoms with Gasteiger partial charge < -0.3 is 14.5 Å². The summed E-state index contributed by atoms with van der Waals surface area (Å²) in [5, 5.41) is 3.33. The summed E-state index contributed by atoms with van der Waals surface area (Å²) in [6.45, 7) is 3.92. The fourth-order valence-corrected chi connectivity index (χ4v) is 3.44. The molecule has 6 heteroatoms. The number of hydrogen-bond acceptors (Lipinski definition) is 5. The molecule has 26 heavy (non-hydrogen) atoms. The van der Waals surface area contributed by atoms with Crippen molar-refractivity contribution in [2.45, 2.75) is 39.2 Å². The Balaban J connectivity index is 1.60. The Labute approximate surface area is 151 Å². The van der Waals surface area contributed by atoms with Crippen LogP contribution >= 0.6 is 0 Å². The number of fused-ring (bicyclic) bond motifs is 1. The maximum absolute atomic E-state index is 12.1. The van der Waals surface area contributed by atoms with Crippen molar-refractivity contribution >= 4 is 22.8 Å². The first kappa shape index (κ1) is 18.2. The molecule has 0 bridgehead atoms. The van der Waals surface area contributed by atoms with Crippen LogP contribution in [0.25, 0.3) is 11.0 Å². The number of nitrogens with one attached hydrogen (secondary N) is 1. The summed E-state index contributed by atoms with van der Waals surface area (Å²) in [6, 6.07) is 7.84. The molecule has 0 radical (unpaired) electrons. The van der Waals surface area contributed by atoms with E-state index in [1.54, 1.807) is 24.3 Å². The molecule has 6 nitrogen and oxygen atoms in total. The fourth-order valence-electron chi connectivity index (χ4n) is 3.44. The highest BCUT2D eigenvalue weighted by Gasteiger charge is 2.28. The summed E-state index contributed by atoms with van der Waals surface area (Å²) in [5.41, 5.74) is -0.0188. The first-order chi connectivity index (χ1) is 12.5. The quantitative estimate of drug-likeness (QED) is 0.851. The lowest BCUT2D eigenvalue weighted by molar-refractivity contribution is -0.125. The summed E-state index contributed by atoms with van der Waals surface area (Å²) < 4.78 is 10.4. The molecule has 1 saturated carbocycles. The van der Waals surface area contributed by atoms with E-state index in [1.807, 2.05) is 0 Å². The van der Waals surface area contributed by atoms with E-state index in [9.17, 15) is 14.4 Å². The van der Waals surface area contributed by atoms with Crippen molar-refractivity contribution in [1.29, 1.82) is 0 Å². The topological polar surface area (TPSA) is 85.6 Å². The largest absolute Gasteiger partial charge is 0.450 e. The Morgan fingerprint density at radius 2 is 2.00 bits per heavy atom. The van der Waals surface area contributed by atoms with Crippen LogP contribution in [-0.4, -0.2) is 24.5 Å². The van der Waals surface area contributed by atoms with Gasteiger partial charge in [0.15, 0.2) is 12.0 Å². The standard InChI is InChI=1S/C20H23NO5/c1-12-6-5-8-15(13(12)2)21-19(23)11-25-20(24)18-10-16(22)14-7-3-4-9-17(14)26-18/h3-4,7,9-10,12-13,15H,5-6,8,11H2,1-2H3,(H,21,23)/t12-,13+,15+/m0/s1. The van der Waals surface area contributed by atoms with Crippen molar-refractivity contribution in [2.24, 2.45) is 11.8 Å². The zero-order valence-electron chi connectivity index (χ0n) is 15.0. The summed E-state index contributed by atoms with van der Waals surface area (Å²) in [4.78, 5) is 36.2. The van der Waals surface area contributed by atoms with E-state index in [0.29, 0.717) is 22.8 Å². The Bertz CT molecular complexity index is 872. The number of ether oxygens (including phenoxy) is 1. The normalized spacial score (nSPS) is 22.8. The van der Waals surface area contributed by atoms with Crippen molar-refractivity contribution < 1.29 is 18.7 Å². The molecule has 1 aromatic carbocycles. The number of esters is 1. The number of carbonyl (C=O) groups is 2. The zero-order valence-corrected chi connectivity index (χ0v) is 15.0. The molecular weight excluding hydrogens is 334 g/mol. The third kappa shape index (κ3) is 3.95. The predicted molar refractivity (Wildman–Crippen MR) is 96.9 cm³/mol. The Morgan fingerprint density at radius 3 is 2.81 bits per heavy atom. The van der Waals surface area contributed by atoms with Crippen molar-refractivity contribution in [3.63, 3.8) is 0 Å². The first-order valence-corrected chi connectivity index (χ1v) is 8.95. The fraction of sp³-hybridized carbons (Fsp3) is 0.450. The van der Waals surface area contributed by atoms with Crippen molar-refractivity contribution in [2.75, 3.05) is 6.61 Å². The summed E-state index contributed by atoms with van der Waals surface area (Å²) in [6.07, 6.45) is 3.19. The van der Waals surface area contributed by atoms with Gasteiger partial charge in [0.2, 0.25) is 5.76 Å². The molecule has 2 aromatic rings. The van der Waals surface area contributed by atoms with Gasteiger partial charge in [0.1, 0.15) is 5.58 Å². The zero-order chi connectivity index (χ0) is 18.7. The van der Waals surface area contributed by atoms with Gasteiger partial charge in [-0.05, 0) is 30.4 Å². The average molecular weight is 357 g/mol. The second kappa shape index (κ2) is 7.72. The lowest BCUT2D eigenvalue weighted by Crippen LogP contribution is -2.45. The molecule has 1 amide bonds. The van der Waals surface area contributed by atoms with Gasteiger partial charge in [-0.25, -0.2) is 4.79 Å². The predicted octanol–water partition coefficient (Wildman–Crippen LogP) is 2.89. The minimum Gasteiger partial charge on any atom is -0.450 e. The molecular formula is C20H23NO5. The number of benzene rings is 1. The van der Waals surface area contributed by atoms with Crippen LogP contribution < -0.4 is 10.7 Å². The number of carbonyl (C=O) groups excluding carboxylic acids is 2. The van der Waals surface area contributed by atoms with Gasteiger partial charge in [-0.3, -0.25) is 9.59 Å². The molecule has 1 N–H and O–H groups in total. The van der Waals surface area contributed by atoms with Crippen LogP contribution in [0.3, 0.4) is 0 Å². The molecule has 1 aliphatic rings. The van der Waals surface area contributed by atoms with E-state index < -0.39 is 12.6 Å². The van der Waals surface area contributed by atoms with Crippen LogP contribution in [0.5, 0.6) is 0 Å². The number of amides is 1. The Kier molecular flexibility index (Phi) is 5.40. The summed E-state index contributed by atoms with van der Waals surface area (Å²) >= 11 is 0. The van der Waals surface area contributed by atoms with E-state index in [0.717, 1.165) is 18.9 Å². The molecule has 0 aliphatic heterocycles. The second-order valence-electron chi connectivity index (χ2n) is 6.99. The van der Waals surface area contributed by atoms with Crippen LogP contribution in [-0.2, 0) is 9.53 Å². The van der Waals surface area contributed by atoms with Gasteiger partial charge in [-0.2, -0.15) is 0 Å². The van der Waals surface area contributed by atoms with Gasteiger partial charge in [-0.15, -0.1) is 0 Å². The van der Waals surface area contributed by atoms with Gasteiger partial charge >= 0.3 is 5.97 Å². The molecule has 0 spiro atoms. The molecule has 1 fully saturated rings.